The average Bonchev–Trinajstić information content (AvgIpc) is 2.93. The third-order valence-electron chi connectivity index (χ3n) is 6.23. The molecule has 0 aliphatic rings. The highest BCUT2D eigenvalue weighted by atomic mass is 32.2. The highest BCUT2D eigenvalue weighted by Gasteiger charge is 2.10. The number of benzene rings is 1. The molecule has 1 aromatic carbocycles. The van der Waals surface area contributed by atoms with Crippen LogP contribution >= 0.6 is 11.8 Å². The molecule has 0 saturated carbocycles. The zero-order valence-corrected chi connectivity index (χ0v) is 24.5. The van der Waals surface area contributed by atoms with Crippen molar-refractivity contribution in [2.45, 2.75) is 58.8 Å². The number of aromatic nitrogens is 2. The Balaban J connectivity index is 1.70. The summed E-state index contributed by atoms with van der Waals surface area (Å²) in [6, 6.07) is 11.8. The van der Waals surface area contributed by atoms with Crippen LogP contribution in [-0.2, 0) is 24.1 Å². The topological polar surface area (TPSA) is 58.1 Å². The molecule has 0 fully saturated rings. The lowest BCUT2D eigenvalue weighted by atomic mass is 10.1. The number of nitrogens with zero attached hydrogens (tertiary/aromatic N) is 3. The van der Waals surface area contributed by atoms with Crippen molar-refractivity contribution in [2.75, 3.05) is 12.4 Å². The lowest BCUT2D eigenvalue weighted by Crippen LogP contribution is -2.16. The Kier molecular flexibility index (Phi) is 13.8. The van der Waals surface area contributed by atoms with Gasteiger partial charge in [0.15, 0.2) is 5.82 Å². The summed E-state index contributed by atoms with van der Waals surface area (Å²) in [6.07, 6.45) is 13.5. The van der Waals surface area contributed by atoms with Gasteiger partial charge in [-0.1, -0.05) is 93.6 Å². The smallest absolute Gasteiger partial charge is 0.229 e. The molecule has 0 bridgehead atoms. The molecule has 1 amide bonds. The predicted molar refractivity (Wildman–Crippen MR) is 168 cm³/mol. The van der Waals surface area contributed by atoms with Gasteiger partial charge in [-0.05, 0) is 72.8 Å². The Morgan fingerprint density at radius 2 is 1.87 bits per heavy atom. The number of rotatable bonds is 17. The molecule has 5 nitrogen and oxygen atoms in total. The van der Waals surface area contributed by atoms with Crippen LogP contribution in [0.3, 0.4) is 0 Å². The molecule has 206 valence electrons. The molecule has 6 heteroatoms. The van der Waals surface area contributed by atoms with Crippen LogP contribution in [0.5, 0.6) is 0 Å². The van der Waals surface area contributed by atoms with E-state index in [1.54, 1.807) is 17.8 Å². The number of amides is 1. The van der Waals surface area contributed by atoms with Crippen LogP contribution < -0.4 is 5.32 Å². The molecule has 0 saturated heterocycles. The van der Waals surface area contributed by atoms with E-state index >= 15 is 0 Å². The van der Waals surface area contributed by atoms with E-state index in [4.69, 9.17) is 0 Å². The number of unbranched alkanes of at least 4 members (excludes halogenated alkanes) is 1. The Morgan fingerprint density at radius 3 is 2.54 bits per heavy atom. The summed E-state index contributed by atoms with van der Waals surface area (Å²) in [6.45, 7) is 20.5. The fraction of sp³-hybridized carbons (Fsp3) is 0.303. The minimum Gasteiger partial charge on any atom is -0.343 e. The largest absolute Gasteiger partial charge is 0.343 e. The van der Waals surface area contributed by atoms with Gasteiger partial charge in [0, 0.05) is 19.2 Å². The van der Waals surface area contributed by atoms with Crippen molar-refractivity contribution in [3.8, 4) is 0 Å². The molecule has 2 aromatic rings. The second-order valence-electron chi connectivity index (χ2n) is 9.31. The van der Waals surface area contributed by atoms with Gasteiger partial charge >= 0.3 is 0 Å². The monoisotopic (exact) mass is 542 g/mol. The Hall–Kier alpha value is -3.64. The fourth-order valence-electron chi connectivity index (χ4n) is 3.79. The SMILES string of the molecule is C=C/C=C\C(=C/C)CC(=C)N(C)C(=C)SC(=C)CCCCc1ccc(NC(=O)Cc2cccc(CC)c2)nn1. The van der Waals surface area contributed by atoms with Gasteiger partial charge in [0.2, 0.25) is 5.91 Å². The number of thioether (sulfide) groups is 1. The molecule has 1 N–H and O–H groups in total. The van der Waals surface area contributed by atoms with Crippen LogP contribution in [0.2, 0.25) is 0 Å². The number of hydrogen-bond donors (Lipinski definition) is 1. The predicted octanol–water partition coefficient (Wildman–Crippen LogP) is 8.18. The Morgan fingerprint density at radius 1 is 1.10 bits per heavy atom. The van der Waals surface area contributed by atoms with Gasteiger partial charge in [-0.2, -0.15) is 5.10 Å². The fourth-order valence-corrected chi connectivity index (χ4v) is 4.63. The van der Waals surface area contributed by atoms with Crippen molar-refractivity contribution < 1.29 is 4.79 Å². The zero-order valence-electron chi connectivity index (χ0n) is 23.7. The van der Waals surface area contributed by atoms with E-state index in [-0.39, 0.29) is 5.91 Å². The highest BCUT2D eigenvalue weighted by molar-refractivity contribution is 8.06. The van der Waals surface area contributed by atoms with Crippen molar-refractivity contribution in [1.82, 2.24) is 15.1 Å². The zero-order chi connectivity index (χ0) is 28.6. The number of hydrogen-bond acceptors (Lipinski definition) is 5. The summed E-state index contributed by atoms with van der Waals surface area (Å²) >= 11 is 1.60. The number of carbonyl (C=O) groups is 1. The van der Waals surface area contributed by atoms with Crippen molar-refractivity contribution in [2.24, 2.45) is 0 Å². The minimum atomic E-state index is -0.0936. The maximum atomic E-state index is 12.4. The van der Waals surface area contributed by atoms with Crippen molar-refractivity contribution >= 4 is 23.5 Å². The van der Waals surface area contributed by atoms with Gasteiger partial charge < -0.3 is 10.2 Å². The number of carbonyl (C=O) groups excluding carboxylic acids is 1. The summed E-state index contributed by atoms with van der Waals surface area (Å²) in [5.41, 5.74) is 5.29. The standard InChI is InChI=1S/C33H42N4OS/c1-8-11-16-28(9-2)22-25(4)37(7)27(6)39-26(5)15-12-13-19-31-20-21-32(36-35-31)34-33(38)24-30-18-14-17-29(10-3)23-30/h8-9,11,14,16-18,20-21,23H,1,4-6,10,12-13,15,19,22,24H2,2-3,7H3,(H,34,36,38)/b16-11-,28-9+. The van der Waals surface area contributed by atoms with Gasteiger partial charge in [-0.3, -0.25) is 4.79 Å². The first-order valence-electron chi connectivity index (χ1n) is 13.4. The molecular formula is C33H42N4OS. The van der Waals surface area contributed by atoms with E-state index in [0.717, 1.165) is 65.4 Å². The number of nitrogens with one attached hydrogen (secondary N) is 1. The van der Waals surface area contributed by atoms with Crippen molar-refractivity contribution in [1.29, 1.82) is 0 Å². The molecule has 2 rings (SSSR count). The first-order valence-corrected chi connectivity index (χ1v) is 14.2. The maximum absolute atomic E-state index is 12.4. The van der Waals surface area contributed by atoms with Crippen LogP contribution in [0.15, 0.2) is 108 Å². The highest BCUT2D eigenvalue weighted by Crippen LogP contribution is 2.31. The van der Waals surface area contributed by atoms with Gasteiger partial charge in [0.05, 0.1) is 17.1 Å². The van der Waals surface area contributed by atoms with Crippen LogP contribution in [-0.4, -0.2) is 28.1 Å². The van der Waals surface area contributed by atoms with E-state index < -0.39 is 0 Å². The summed E-state index contributed by atoms with van der Waals surface area (Å²) in [5.74, 6) is 0.381. The van der Waals surface area contributed by atoms with Gasteiger partial charge in [-0.25, -0.2) is 0 Å². The van der Waals surface area contributed by atoms with Crippen molar-refractivity contribution in [3.05, 3.63) is 125 Å². The minimum absolute atomic E-state index is 0.0936. The van der Waals surface area contributed by atoms with Crippen LogP contribution in [0.4, 0.5) is 5.82 Å². The van der Waals surface area contributed by atoms with Gasteiger partial charge in [0.25, 0.3) is 0 Å². The molecule has 0 spiro atoms. The number of allylic oxidation sites excluding steroid dienone is 6. The summed E-state index contributed by atoms with van der Waals surface area (Å²) in [4.78, 5) is 15.5. The maximum Gasteiger partial charge on any atom is 0.229 e. The van der Waals surface area contributed by atoms with Gasteiger partial charge in [-0.15, -0.1) is 5.10 Å². The Bertz CT molecular complexity index is 1210. The first-order chi connectivity index (χ1) is 18.7. The quantitative estimate of drug-likeness (QED) is 0.161. The second kappa shape index (κ2) is 17.0. The second-order valence-corrected chi connectivity index (χ2v) is 10.6. The summed E-state index contributed by atoms with van der Waals surface area (Å²) in [7, 11) is 1.99. The Labute approximate surface area is 239 Å². The van der Waals surface area contributed by atoms with E-state index in [2.05, 4.69) is 67.0 Å². The molecule has 1 heterocycles. The van der Waals surface area contributed by atoms with E-state index in [1.165, 1.54) is 11.1 Å². The van der Waals surface area contributed by atoms with Gasteiger partial charge in [0.1, 0.15) is 0 Å². The molecule has 0 aliphatic heterocycles. The molecule has 1 aromatic heterocycles. The van der Waals surface area contributed by atoms with Crippen LogP contribution in [0, 0.1) is 0 Å². The molecule has 0 aliphatic carbocycles. The summed E-state index contributed by atoms with van der Waals surface area (Å²) in [5, 5.41) is 12.2. The van der Waals surface area contributed by atoms with E-state index in [9.17, 15) is 4.79 Å². The molecule has 0 unspecified atom stereocenters. The third kappa shape index (κ3) is 11.7. The molecule has 39 heavy (non-hydrogen) atoms. The summed E-state index contributed by atoms with van der Waals surface area (Å²) < 4.78 is 0. The van der Waals surface area contributed by atoms with E-state index in [0.29, 0.717) is 12.2 Å². The molecule has 0 atom stereocenters. The molecular weight excluding hydrogens is 500 g/mol. The van der Waals surface area contributed by atoms with E-state index in [1.807, 2.05) is 55.3 Å². The first kappa shape index (κ1) is 31.6. The molecule has 0 radical (unpaired) electrons. The van der Waals surface area contributed by atoms with Crippen LogP contribution in [0.25, 0.3) is 0 Å². The van der Waals surface area contributed by atoms with Crippen molar-refractivity contribution in [3.63, 3.8) is 0 Å². The third-order valence-corrected chi connectivity index (χ3v) is 7.23. The number of anilines is 1. The van der Waals surface area contributed by atoms with Crippen LogP contribution in [0.1, 0.15) is 56.4 Å². The lowest BCUT2D eigenvalue weighted by molar-refractivity contribution is -0.115. The normalized spacial score (nSPS) is 11.3. The average molecular weight is 543 g/mol. The number of aryl methyl sites for hydroxylation is 2. The lowest BCUT2D eigenvalue weighted by Gasteiger charge is -2.24.